The Bertz CT molecular complexity index is 2540. The zero-order chi connectivity index (χ0) is 48.9. The van der Waals surface area contributed by atoms with Crippen LogP contribution in [-0.2, 0) is 38.6 Å². The fourth-order valence-corrected chi connectivity index (χ4v) is 8.99. The first-order valence-corrected chi connectivity index (χ1v) is 24.1. The number of aliphatic hydroxyl groups is 1. The van der Waals surface area contributed by atoms with Gasteiger partial charge < -0.3 is 41.2 Å². The number of ether oxygens (including phenoxy) is 2. The maximum atomic E-state index is 13.6. The van der Waals surface area contributed by atoms with Crippen LogP contribution in [-0.4, -0.2) is 139 Å². The number of piperazine rings is 1. The summed E-state index contributed by atoms with van der Waals surface area (Å²) in [7, 11) is 0. The van der Waals surface area contributed by atoms with Gasteiger partial charge in [0, 0.05) is 69.1 Å². The average Bonchev–Trinajstić information content (AvgIpc) is 4.04. The van der Waals surface area contributed by atoms with E-state index in [4.69, 9.17) is 20.2 Å². The van der Waals surface area contributed by atoms with E-state index in [1.807, 2.05) is 68.7 Å². The van der Waals surface area contributed by atoms with Crippen molar-refractivity contribution in [2.75, 3.05) is 69.4 Å². The van der Waals surface area contributed by atoms with Gasteiger partial charge in [-0.25, -0.2) is 14.6 Å². The van der Waals surface area contributed by atoms with Gasteiger partial charge in [0.05, 0.1) is 56.1 Å². The zero-order valence-corrected chi connectivity index (χ0v) is 40.2. The first-order valence-electron chi connectivity index (χ1n) is 24.1. The van der Waals surface area contributed by atoms with Gasteiger partial charge >= 0.3 is 0 Å². The van der Waals surface area contributed by atoms with Gasteiger partial charge in [-0.1, -0.05) is 62.2 Å². The molecule has 5 heterocycles. The summed E-state index contributed by atoms with van der Waals surface area (Å²) >= 11 is 0. The van der Waals surface area contributed by atoms with Crippen LogP contribution in [0.5, 0.6) is 0 Å². The highest BCUT2D eigenvalue weighted by atomic mass is 16.5. The number of pyridine rings is 2. The molecule has 2 fully saturated rings. The molecule has 2 amide bonds. The van der Waals surface area contributed by atoms with Crippen LogP contribution in [0.2, 0.25) is 0 Å². The summed E-state index contributed by atoms with van der Waals surface area (Å²) in [6.07, 6.45) is 8.55. The van der Waals surface area contributed by atoms with Crippen molar-refractivity contribution in [3.8, 4) is 0 Å². The lowest BCUT2D eigenvalue weighted by Gasteiger charge is -2.35. The molecule has 20 heteroatoms. The molecule has 1 saturated heterocycles. The first kappa shape index (κ1) is 50.7. The summed E-state index contributed by atoms with van der Waals surface area (Å²) < 4.78 is 14.9. The number of nitrogens with zero attached hydrogens (tertiary/aromatic N) is 9. The Balaban J connectivity index is 0.771. The molecule has 1 saturated carbocycles. The van der Waals surface area contributed by atoms with Gasteiger partial charge in [0.15, 0.2) is 5.78 Å². The minimum atomic E-state index is -1.46. The molecule has 0 bridgehead atoms. The number of benzene rings is 1. The van der Waals surface area contributed by atoms with E-state index in [-0.39, 0.29) is 47.9 Å². The standard InChI is InChI=1S/C49H67N13O7/c1-32(2)26-41(54-47(66)44(64)40(50)27-35-10-6-5-7-11-35)46(65)51-16-22-68-24-25-69-23-21-61-31-36(57-58-61)30-59-17-19-60(20-18-59)38-14-15-42(52-28-38)55-49-53-29-39-33(3)43(34(4)63)48(67)62(45(39)56-49)37-12-8-9-13-37/h5-7,10-11,14-15,28-29,31-32,37,40-41,44,64H,8-9,12-13,16-27,30,50H2,1-4H3,(H,51,65)(H,54,66)(H,52,53,55,56). The normalized spacial score (nSPS) is 15.9. The molecule has 1 aromatic carbocycles. The topological polar surface area (TPSA) is 250 Å². The lowest BCUT2D eigenvalue weighted by atomic mass is 10.00. The Kier molecular flexibility index (Phi) is 17.9. The van der Waals surface area contributed by atoms with Gasteiger partial charge in [-0.05, 0) is 68.7 Å². The summed E-state index contributed by atoms with van der Waals surface area (Å²) in [5.41, 5.74) is 10.00. The van der Waals surface area contributed by atoms with Crippen molar-refractivity contribution in [1.82, 2.24) is 50.0 Å². The predicted molar refractivity (Wildman–Crippen MR) is 261 cm³/mol. The highest BCUT2D eigenvalue weighted by molar-refractivity contribution is 5.99. The molecule has 1 aliphatic heterocycles. The number of Topliss-reactive ketones (excluding diaryl/α,β-unsaturated/α-hetero) is 1. The Morgan fingerprint density at radius 3 is 2.36 bits per heavy atom. The van der Waals surface area contributed by atoms with Crippen LogP contribution < -0.4 is 32.1 Å². The molecular weight excluding hydrogens is 883 g/mol. The molecule has 0 radical (unpaired) electrons. The summed E-state index contributed by atoms with van der Waals surface area (Å²) in [6, 6.07) is 11.7. The van der Waals surface area contributed by atoms with E-state index in [9.17, 15) is 24.3 Å². The number of nitrogens with two attached hydrogens (primary N) is 1. The van der Waals surface area contributed by atoms with E-state index < -0.39 is 24.1 Å². The lowest BCUT2D eigenvalue weighted by Crippen LogP contribution is -2.54. The number of aryl methyl sites for hydroxylation is 1. The van der Waals surface area contributed by atoms with E-state index in [0.29, 0.717) is 74.1 Å². The molecule has 4 aromatic heterocycles. The number of fused-ring (bicyclic) bond motifs is 1. The van der Waals surface area contributed by atoms with Crippen molar-refractivity contribution in [3.05, 3.63) is 93.8 Å². The molecule has 69 heavy (non-hydrogen) atoms. The van der Waals surface area contributed by atoms with Gasteiger partial charge in [0.1, 0.15) is 23.6 Å². The molecule has 370 valence electrons. The predicted octanol–water partition coefficient (Wildman–Crippen LogP) is 3.08. The van der Waals surface area contributed by atoms with Gasteiger partial charge in [-0.3, -0.25) is 28.6 Å². The van der Waals surface area contributed by atoms with E-state index in [0.717, 1.165) is 68.8 Å². The molecule has 7 rings (SSSR count). The van der Waals surface area contributed by atoms with Gasteiger partial charge in [-0.15, -0.1) is 5.10 Å². The van der Waals surface area contributed by atoms with Crippen LogP contribution in [0.25, 0.3) is 11.0 Å². The molecule has 0 spiro atoms. The number of aromatic nitrogens is 7. The number of ketones is 1. The molecule has 5 aromatic rings. The maximum absolute atomic E-state index is 13.6. The maximum Gasteiger partial charge on any atom is 0.263 e. The number of carbonyl (C=O) groups excluding carboxylic acids is 3. The average molecular weight is 950 g/mol. The monoisotopic (exact) mass is 950 g/mol. The number of carbonyl (C=O) groups is 3. The van der Waals surface area contributed by atoms with Crippen molar-refractivity contribution in [1.29, 1.82) is 0 Å². The largest absolute Gasteiger partial charge is 0.382 e. The van der Waals surface area contributed by atoms with Crippen LogP contribution in [0.15, 0.2) is 65.8 Å². The number of rotatable bonds is 24. The third-order valence-corrected chi connectivity index (χ3v) is 12.7. The van der Waals surface area contributed by atoms with Crippen LogP contribution >= 0.6 is 0 Å². The highest BCUT2D eigenvalue weighted by Gasteiger charge is 2.29. The summed E-state index contributed by atoms with van der Waals surface area (Å²) in [5, 5.41) is 28.6. The van der Waals surface area contributed by atoms with Crippen molar-refractivity contribution in [2.45, 2.75) is 104 Å². The van der Waals surface area contributed by atoms with E-state index in [1.165, 1.54) is 6.92 Å². The third-order valence-electron chi connectivity index (χ3n) is 12.7. The third kappa shape index (κ3) is 13.7. The Hall–Kier alpha value is -6.19. The minimum Gasteiger partial charge on any atom is -0.382 e. The molecule has 6 N–H and O–H groups in total. The summed E-state index contributed by atoms with van der Waals surface area (Å²) in [4.78, 5) is 70.5. The first-order chi connectivity index (χ1) is 33.3. The van der Waals surface area contributed by atoms with E-state index >= 15 is 0 Å². The summed E-state index contributed by atoms with van der Waals surface area (Å²) in [5.74, 6) is -0.233. The molecule has 2 aliphatic rings. The number of nitrogens with one attached hydrogen (secondary N) is 3. The van der Waals surface area contributed by atoms with Gasteiger partial charge in [-0.2, -0.15) is 4.98 Å². The smallest absolute Gasteiger partial charge is 0.263 e. The number of aliphatic hydroxyl groups excluding tert-OH is 1. The number of hydrogen-bond acceptors (Lipinski definition) is 16. The highest BCUT2D eigenvalue weighted by Crippen LogP contribution is 2.32. The fourth-order valence-electron chi connectivity index (χ4n) is 8.99. The van der Waals surface area contributed by atoms with Crippen LogP contribution in [0.4, 0.5) is 17.5 Å². The quantitative estimate of drug-likeness (QED) is 0.0441. The second kappa shape index (κ2) is 24.4. The Labute approximate surface area is 402 Å². The summed E-state index contributed by atoms with van der Waals surface area (Å²) in [6.45, 7) is 13.4. The number of anilines is 3. The Morgan fingerprint density at radius 1 is 0.928 bits per heavy atom. The Morgan fingerprint density at radius 2 is 1.67 bits per heavy atom. The molecular formula is C49H67N13O7. The van der Waals surface area contributed by atoms with Crippen molar-refractivity contribution in [3.63, 3.8) is 0 Å². The van der Waals surface area contributed by atoms with Crippen molar-refractivity contribution < 1.29 is 29.0 Å². The molecule has 1 aliphatic carbocycles. The van der Waals surface area contributed by atoms with Crippen LogP contribution in [0.3, 0.4) is 0 Å². The van der Waals surface area contributed by atoms with E-state index in [2.05, 4.69) is 46.0 Å². The van der Waals surface area contributed by atoms with Crippen molar-refractivity contribution in [2.24, 2.45) is 11.7 Å². The van der Waals surface area contributed by atoms with E-state index in [1.54, 1.807) is 22.4 Å². The second-order valence-electron chi connectivity index (χ2n) is 18.4. The molecule has 3 atom stereocenters. The number of hydrogen-bond donors (Lipinski definition) is 5. The van der Waals surface area contributed by atoms with Crippen LogP contribution in [0.1, 0.15) is 86.1 Å². The number of amides is 2. The fraction of sp³-hybridized carbons (Fsp3) is 0.531. The molecule has 3 unspecified atom stereocenters. The zero-order valence-electron chi connectivity index (χ0n) is 40.2. The van der Waals surface area contributed by atoms with Gasteiger partial charge in [0.2, 0.25) is 11.9 Å². The molecule has 20 nitrogen and oxygen atoms in total. The van der Waals surface area contributed by atoms with Crippen LogP contribution in [0, 0.1) is 12.8 Å². The SMILES string of the molecule is CC(=O)c1c(C)c2cnc(Nc3ccc(N4CCN(Cc5cn(CCOCCOCCNC(=O)C(CC(C)C)NC(=O)C(O)C(N)Cc6ccccc6)nn5)CC4)cn3)nc2n(C2CCCC2)c1=O. The second-order valence-corrected chi connectivity index (χ2v) is 18.4. The minimum absolute atomic E-state index is 0.00121. The van der Waals surface area contributed by atoms with Gasteiger partial charge in [0.25, 0.3) is 11.5 Å². The van der Waals surface area contributed by atoms with Crippen molar-refractivity contribution >= 4 is 46.1 Å². The lowest BCUT2D eigenvalue weighted by molar-refractivity contribution is -0.135.